The minimum Gasteiger partial charge on any atom is -0.344 e. The molecule has 0 saturated heterocycles. The van der Waals surface area contributed by atoms with Crippen LogP contribution in [0.3, 0.4) is 0 Å². The van der Waals surface area contributed by atoms with Crippen LogP contribution in [0.1, 0.15) is 6.42 Å². The second-order valence-electron chi connectivity index (χ2n) is 2.25. The highest BCUT2D eigenvalue weighted by Gasteiger charge is 2.34. The zero-order chi connectivity index (χ0) is 8.48. The lowest BCUT2D eigenvalue weighted by Gasteiger charge is -2.10. The molecule has 2 nitrogen and oxygen atoms in total. The third kappa shape index (κ3) is 2.78. The van der Waals surface area contributed by atoms with E-state index >= 15 is 0 Å². The van der Waals surface area contributed by atoms with Crippen molar-refractivity contribution < 1.29 is 13.2 Å². The summed E-state index contributed by atoms with van der Waals surface area (Å²) < 4.78 is 35.1. The smallest absolute Gasteiger partial charge is 0.344 e. The summed E-state index contributed by atoms with van der Waals surface area (Å²) in [6.45, 7) is 2.45. The van der Waals surface area contributed by atoms with Gasteiger partial charge in [-0.2, -0.15) is 13.2 Å². The summed E-state index contributed by atoms with van der Waals surface area (Å²) in [6, 6.07) is -0.903. The summed E-state index contributed by atoms with van der Waals surface area (Å²) in [4.78, 5) is 4.72. The van der Waals surface area contributed by atoms with Crippen LogP contribution in [0, 0.1) is 6.54 Å². The minimum atomic E-state index is -4.17. The van der Waals surface area contributed by atoms with Gasteiger partial charge in [0.05, 0.1) is 12.5 Å². The van der Waals surface area contributed by atoms with Crippen molar-refractivity contribution in [1.82, 2.24) is 4.90 Å². The first kappa shape index (κ1) is 8.36. The monoisotopic (exact) mass is 163 g/mol. The van der Waals surface area contributed by atoms with Crippen LogP contribution in [-0.4, -0.2) is 30.5 Å². The number of alkyl halides is 3. The highest BCUT2D eigenvalue weighted by Crippen LogP contribution is 2.25. The predicted molar refractivity (Wildman–Crippen MR) is 32.9 cm³/mol. The molecule has 0 aromatic rings. The van der Waals surface area contributed by atoms with Gasteiger partial charge in [-0.15, -0.1) is 0 Å². The van der Waals surface area contributed by atoms with Crippen LogP contribution < -0.4 is 0 Å². The minimum absolute atomic E-state index is 0.903. The lowest BCUT2D eigenvalue weighted by atomic mass is 10.2. The maximum Gasteiger partial charge on any atom is 0.391 e. The Morgan fingerprint density at radius 3 is 2.55 bits per heavy atom. The average molecular weight is 163 g/mol. The van der Waals surface area contributed by atoms with Gasteiger partial charge in [0.25, 0.3) is 0 Å². The van der Waals surface area contributed by atoms with Crippen LogP contribution in [-0.2, 0) is 0 Å². The SMILES string of the molecule is CN1[C]C(CC(F)(F)F)N=[C]1. The Balaban J connectivity index is 2.36. The number of nitrogens with zero attached hydrogens (tertiary/aromatic N) is 2. The molecule has 0 spiro atoms. The first-order chi connectivity index (χ1) is 4.97. The van der Waals surface area contributed by atoms with E-state index in [-0.39, 0.29) is 0 Å². The summed E-state index contributed by atoms with van der Waals surface area (Å²) in [5, 5.41) is 0. The van der Waals surface area contributed by atoms with E-state index < -0.39 is 18.6 Å². The molecule has 0 bridgehead atoms. The largest absolute Gasteiger partial charge is 0.391 e. The predicted octanol–water partition coefficient (Wildman–Crippen LogP) is 1.20. The molecule has 0 aromatic carbocycles. The molecule has 1 atom stereocenters. The zero-order valence-electron chi connectivity index (χ0n) is 5.81. The topological polar surface area (TPSA) is 15.6 Å². The third-order valence-corrected chi connectivity index (χ3v) is 1.13. The van der Waals surface area contributed by atoms with Gasteiger partial charge in [0.1, 0.15) is 6.54 Å². The third-order valence-electron chi connectivity index (χ3n) is 1.13. The number of aliphatic imine (C=N–C) groups is 1. The fraction of sp³-hybridized carbons (Fsp3) is 0.667. The molecule has 3 radical (unpaired) electrons. The molecule has 0 fully saturated rings. The molecule has 5 heteroatoms. The standard InChI is InChI=1S/C6H6F3N2/c1-11-3-5(10-4-11)2-6(7,8)9/h5H,2H2,1H3. The van der Waals surface area contributed by atoms with E-state index in [0.717, 1.165) is 0 Å². The molecule has 1 heterocycles. The van der Waals surface area contributed by atoms with E-state index in [1.807, 2.05) is 0 Å². The van der Waals surface area contributed by atoms with Crippen molar-refractivity contribution in [3.8, 4) is 0 Å². The molecule has 11 heavy (non-hydrogen) atoms. The normalized spacial score (nSPS) is 24.7. The van der Waals surface area contributed by atoms with E-state index in [1.54, 1.807) is 7.05 Å². The van der Waals surface area contributed by atoms with Gasteiger partial charge in [-0.05, 0) is 0 Å². The highest BCUT2D eigenvalue weighted by atomic mass is 19.4. The summed E-state index contributed by atoms with van der Waals surface area (Å²) in [5.74, 6) is 0. The van der Waals surface area contributed by atoms with Gasteiger partial charge >= 0.3 is 6.18 Å². The van der Waals surface area contributed by atoms with Gasteiger partial charge in [-0.1, -0.05) is 0 Å². The van der Waals surface area contributed by atoms with Crippen LogP contribution in [0.4, 0.5) is 13.2 Å². The first-order valence-corrected chi connectivity index (χ1v) is 2.99. The van der Waals surface area contributed by atoms with Crippen molar-refractivity contribution in [3.05, 3.63) is 6.54 Å². The zero-order valence-corrected chi connectivity index (χ0v) is 5.81. The van der Waals surface area contributed by atoms with Crippen LogP contribution in [0.15, 0.2) is 4.99 Å². The van der Waals surface area contributed by atoms with Gasteiger partial charge in [0.2, 0.25) is 0 Å². The average Bonchev–Trinajstić information content (AvgIpc) is 2.10. The maximum absolute atomic E-state index is 11.7. The molecule has 0 N–H and O–H groups in total. The lowest BCUT2D eigenvalue weighted by Crippen LogP contribution is -2.19. The van der Waals surface area contributed by atoms with Crippen molar-refractivity contribution in [1.29, 1.82) is 0 Å². The molecule has 1 rings (SSSR count). The van der Waals surface area contributed by atoms with Crippen molar-refractivity contribution in [2.75, 3.05) is 7.05 Å². The molecule has 1 aliphatic heterocycles. The van der Waals surface area contributed by atoms with Crippen LogP contribution in [0.25, 0.3) is 0 Å². The van der Waals surface area contributed by atoms with E-state index in [1.165, 1.54) is 4.90 Å². The van der Waals surface area contributed by atoms with Gasteiger partial charge in [0.15, 0.2) is 6.34 Å². The lowest BCUT2D eigenvalue weighted by molar-refractivity contribution is -0.136. The number of likely N-dealkylation sites (N-methyl/N-ethyl adjacent to an activating group) is 1. The summed E-state index contributed by atoms with van der Waals surface area (Å²) in [7, 11) is 1.54. The van der Waals surface area contributed by atoms with Crippen molar-refractivity contribution in [2.45, 2.75) is 18.6 Å². The second kappa shape index (κ2) is 2.71. The van der Waals surface area contributed by atoms with Gasteiger partial charge in [0, 0.05) is 7.05 Å². The number of halogens is 3. The van der Waals surface area contributed by atoms with Crippen LogP contribution in [0.2, 0.25) is 0 Å². The van der Waals surface area contributed by atoms with E-state index in [0.29, 0.717) is 0 Å². The van der Waals surface area contributed by atoms with Crippen molar-refractivity contribution >= 4 is 6.34 Å². The van der Waals surface area contributed by atoms with Crippen LogP contribution >= 0.6 is 0 Å². The summed E-state index contributed by atoms with van der Waals surface area (Å²) in [5.41, 5.74) is 0. The fourth-order valence-corrected chi connectivity index (χ4v) is 0.748. The summed E-state index contributed by atoms with van der Waals surface area (Å²) in [6.07, 6.45) is -2.79. The van der Waals surface area contributed by atoms with E-state index in [4.69, 9.17) is 0 Å². The Bertz CT molecular complexity index is 164. The van der Waals surface area contributed by atoms with Crippen molar-refractivity contribution in [2.24, 2.45) is 4.99 Å². The molecule has 61 valence electrons. The number of rotatable bonds is 1. The Hall–Kier alpha value is -0.740. The molecule has 0 saturated carbocycles. The first-order valence-electron chi connectivity index (χ1n) is 2.99. The summed E-state index contributed by atoms with van der Waals surface area (Å²) >= 11 is 0. The molecule has 0 amide bonds. The van der Waals surface area contributed by atoms with Gasteiger partial charge in [-0.3, -0.25) is 4.99 Å². The molecular weight excluding hydrogens is 157 g/mol. The van der Waals surface area contributed by atoms with Crippen LogP contribution in [0.5, 0.6) is 0 Å². The van der Waals surface area contributed by atoms with E-state index in [2.05, 4.69) is 17.9 Å². The van der Waals surface area contributed by atoms with Gasteiger partial charge in [-0.25, -0.2) is 0 Å². The quantitative estimate of drug-likeness (QED) is 0.567. The Morgan fingerprint density at radius 1 is 1.55 bits per heavy atom. The molecular formula is C6H6F3N2. The Kier molecular flexibility index (Phi) is 2.06. The van der Waals surface area contributed by atoms with Gasteiger partial charge < -0.3 is 4.90 Å². The number of hydrogen-bond acceptors (Lipinski definition) is 2. The molecule has 1 unspecified atom stereocenters. The Morgan fingerprint density at radius 2 is 2.18 bits per heavy atom. The molecule has 0 aromatic heterocycles. The molecule has 0 aliphatic carbocycles. The fourth-order valence-electron chi connectivity index (χ4n) is 0.748. The maximum atomic E-state index is 11.7. The van der Waals surface area contributed by atoms with E-state index in [9.17, 15) is 13.2 Å². The molecule has 1 aliphatic rings. The van der Waals surface area contributed by atoms with Crippen molar-refractivity contribution in [3.63, 3.8) is 0 Å². The highest BCUT2D eigenvalue weighted by molar-refractivity contribution is 5.59. The Labute approximate surface area is 62.7 Å². The number of hydrogen-bond donors (Lipinski definition) is 0. The second-order valence-corrected chi connectivity index (χ2v) is 2.25.